The highest BCUT2D eigenvalue weighted by Gasteiger charge is 2.23. The van der Waals surface area contributed by atoms with Crippen LogP contribution >= 0.6 is 27.5 Å². The Morgan fingerprint density at radius 1 is 1.11 bits per heavy atom. The predicted octanol–water partition coefficient (Wildman–Crippen LogP) is 4.60. The molecular weight excluding hydrogens is 344 g/mol. The number of rotatable bonds is 2. The molecule has 0 saturated carbocycles. The minimum Gasteiger partial charge on any atom is -0.383 e. The standard InChI is InChI=1S/C13H7BrClF3O/c14-8-3-4-10(17)11(12(8)18)13(19)7-2-1-6(16)5-9(7)15/h1-5,13,19H. The molecule has 0 fully saturated rings. The van der Waals surface area contributed by atoms with Gasteiger partial charge >= 0.3 is 0 Å². The van der Waals surface area contributed by atoms with Crippen molar-refractivity contribution in [2.75, 3.05) is 0 Å². The van der Waals surface area contributed by atoms with Crippen LogP contribution in [0.2, 0.25) is 5.02 Å². The predicted molar refractivity (Wildman–Crippen MR) is 69.5 cm³/mol. The van der Waals surface area contributed by atoms with Gasteiger partial charge in [-0.2, -0.15) is 0 Å². The molecular formula is C13H7BrClF3O. The highest BCUT2D eigenvalue weighted by molar-refractivity contribution is 9.10. The summed E-state index contributed by atoms with van der Waals surface area (Å²) in [5, 5.41) is 9.94. The normalized spacial score (nSPS) is 12.5. The van der Waals surface area contributed by atoms with Crippen molar-refractivity contribution in [1.29, 1.82) is 0 Å². The van der Waals surface area contributed by atoms with Gasteiger partial charge in [-0.25, -0.2) is 13.2 Å². The van der Waals surface area contributed by atoms with Crippen LogP contribution in [0.3, 0.4) is 0 Å². The number of aliphatic hydroxyl groups is 1. The molecule has 0 saturated heterocycles. The first-order valence-corrected chi connectivity index (χ1v) is 6.35. The summed E-state index contributed by atoms with van der Waals surface area (Å²) >= 11 is 8.67. The molecule has 0 aromatic heterocycles. The third-order valence-electron chi connectivity index (χ3n) is 2.61. The molecule has 2 rings (SSSR count). The largest absolute Gasteiger partial charge is 0.383 e. The summed E-state index contributed by atoms with van der Waals surface area (Å²) in [6.45, 7) is 0. The first-order chi connectivity index (χ1) is 8.91. The van der Waals surface area contributed by atoms with Gasteiger partial charge in [-0.1, -0.05) is 17.7 Å². The molecule has 0 heterocycles. The third kappa shape index (κ3) is 2.78. The van der Waals surface area contributed by atoms with Crippen LogP contribution in [0, 0.1) is 17.5 Å². The quantitative estimate of drug-likeness (QED) is 0.784. The summed E-state index contributed by atoms with van der Waals surface area (Å²) in [6, 6.07) is 5.41. The molecule has 0 amide bonds. The van der Waals surface area contributed by atoms with Gasteiger partial charge in [-0.05, 0) is 40.2 Å². The smallest absolute Gasteiger partial charge is 0.146 e. The first kappa shape index (κ1) is 14.4. The molecule has 6 heteroatoms. The highest BCUT2D eigenvalue weighted by atomic mass is 79.9. The molecule has 2 aromatic rings. The highest BCUT2D eigenvalue weighted by Crippen LogP contribution is 2.33. The van der Waals surface area contributed by atoms with Gasteiger partial charge < -0.3 is 5.11 Å². The maximum atomic E-state index is 13.8. The second-order valence-electron chi connectivity index (χ2n) is 3.83. The van der Waals surface area contributed by atoms with Gasteiger partial charge in [0.15, 0.2) is 0 Å². The van der Waals surface area contributed by atoms with E-state index in [1.54, 1.807) is 0 Å². The van der Waals surface area contributed by atoms with Gasteiger partial charge in [-0.3, -0.25) is 0 Å². The van der Waals surface area contributed by atoms with Crippen LogP contribution in [0.4, 0.5) is 13.2 Å². The lowest BCUT2D eigenvalue weighted by Gasteiger charge is -2.15. The number of aliphatic hydroxyl groups excluding tert-OH is 1. The molecule has 0 bridgehead atoms. The fourth-order valence-electron chi connectivity index (χ4n) is 1.67. The maximum Gasteiger partial charge on any atom is 0.146 e. The van der Waals surface area contributed by atoms with Crippen molar-refractivity contribution in [2.24, 2.45) is 0 Å². The Balaban J connectivity index is 2.56. The molecule has 0 radical (unpaired) electrons. The molecule has 0 aliphatic rings. The Bertz CT molecular complexity index is 634. The second kappa shape index (κ2) is 5.53. The zero-order chi connectivity index (χ0) is 14.2. The Hall–Kier alpha value is -1.04. The molecule has 1 N–H and O–H groups in total. The third-order valence-corrected chi connectivity index (χ3v) is 3.55. The minimum atomic E-state index is -1.62. The number of hydrogen-bond donors (Lipinski definition) is 1. The lowest BCUT2D eigenvalue weighted by molar-refractivity contribution is 0.209. The fraction of sp³-hybridized carbons (Fsp3) is 0.0769. The van der Waals surface area contributed by atoms with Crippen molar-refractivity contribution in [3.63, 3.8) is 0 Å². The van der Waals surface area contributed by atoms with E-state index < -0.39 is 29.1 Å². The lowest BCUT2D eigenvalue weighted by atomic mass is 10.0. The van der Waals surface area contributed by atoms with E-state index in [0.29, 0.717) is 0 Å². The number of hydrogen-bond acceptors (Lipinski definition) is 1. The monoisotopic (exact) mass is 350 g/mol. The molecule has 0 aliphatic carbocycles. The number of halogens is 5. The summed E-state index contributed by atoms with van der Waals surface area (Å²) < 4.78 is 40.4. The van der Waals surface area contributed by atoms with E-state index in [1.807, 2.05) is 0 Å². The van der Waals surface area contributed by atoms with Crippen molar-refractivity contribution in [3.05, 3.63) is 68.4 Å². The average Bonchev–Trinajstić information content (AvgIpc) is 2.34. The summed E-state index contributed by atoms with van der Waals surface area (Å²) in [5.41, 5.74) is -0.512. The van der Waals surface area contributed by atoms with Gasteiger partial charge in [0.2, 0.25) is 0 Å². The Morgan fingerprint density at radius 3 is 2.42 bits per heavy atom. The average molecular weight is 352 g/mol. The van der Waals surface area contributed by atoms with Crippen LogP contribution in [0.25, 0.3) is 0 Å². The molecule has 2 aromatic carbocycles. The van der Waals surface area contributed by atoms with E-state index in [9.17, 15) is 18.3 Å². The van der Waals surface area contributed by atoms with E-state index in [-0.39, 0.29) is 15.1 Å². The molecule has 1 nitrogen and oxygen atoms in total. The zero-order valence-electron chi connectivity index (χ0n) is 9.30. The first-order valence-electron chi connectivity index (χ1n) is 5.18. The summed E-state index contributed by atoms with van der Waals surface area (Å²) in [4.78, 5) is 0. The Labute approximate surface area is 120 Å². The van der Waals surface area contributed by atoms with Gasteiger partial charge in [0, 0.05) is 10.6 Å². The van der Waals surface area contributed by atoms with Crippen LogP contribution in [-0.2, 0) is 0 Å². The van der Waals surface area contributed by atoms with Gasteiger partial charge in [0.1, 0.15) is 23.6 Å². The van der Waals surface area contributed by atoms with E-state index in [2.05, 4.69) is 15.9 Å². The molecule has 0 aliphatic heterocycles. The van der Waals surface area contributed by atoms with Crippen LogP contribution in [0.5, 0.6) is 0 Å². The topological polar surface area (TPSA) is 20.2 Å². The van der Waals surface area contributed by atoms with E-state index in [0.717, 1.165) is 18.2 Å². The minimum absolute atomic E-state index is 0.0150. The Kier molecular flexibility index (Phi) is 4.18. The van der Waals surface area contributed by atoms with Crippen LogP contribution in [0.15, 0.2) is 34.8 Å². The molecule has 0 spiro atoms. The van der Waals surface area contributed by atoms with Gasteiger partial charge in [0.25, 0.3) is 0 Å². The van der Waals surface area contributed by atoms with Gasteiger partial charge in [0.05, 0.1) is 10.0 Å². The Morgan fingerprint density at radius 2 is 1.79 bits per heavy atom. The molecule has 1 atom stereocenters. The van der Waals surface area contributed by atoms with Crippen molar-refractivity contribution in [1.82, 2.24) is 0 Å². The number of benzene rings is 2. The molecule has 100 valence electrons. The molecule has 19 heavy (non-hydrogen) atoms. The van der Waals surface area contributed by atoms with Crippen molar-refractivity contribution in [3.8, 4) is 0 Å². The summed E-state index contributed by atoms with van der Waals surface area (Å²) in [7, 11) is 0. The van der Waals surface area contributed by atoms with Crippen LogP contribution in [-0.4, -0.2) is 5.11 Å². The summed E-state index contributed by atoms with van der Waals surface area (Å²) in [6.07, 6.45) is -1.62. The van der Waals surface area contributed by atoms with E-state index >= 15 is 0 Å². The zero-order valence-corrected chi connectivity index (χ0v) is 11.6. The van der Waals surface area contributed by atoms with Gasteiger partial charge in [-0.15, -0.1) is 0 Å². The summed E-state index contributed by atoms with van der Waals surface area (Å²) in [5.74, 6) is -2.43. The molecule has 1 unspecified atom stereocenters. The van der Waals surface area contributed by atoms with E-state index in [1.165, 1.54) is 12.1 Å². The van der Waals surface area contributed by atoms with Crippen LogP contribution in [0.1, 0.15) is 17.2 Å². The SMILES string of the molecule is OC(c1ccc(F)cc1Cl)c1c(F)ccc(Br)c1F. The fourth-order valence-corrected chi connectivity index (χ4v) is 2.29. The van der Waals surface area contributed by atoms with Crippen molar-refractivity contribution < 1.29 is 18.3 Å². The van der Waals surface area contributed by atoms with Crippen molar-refractivity contribution in [2.45, 2.75) is 6.10 Å². The van der Waals surface area contributed by atoms with Crippen molar-refractivity contribution >= 4 is 27.5 Å². The maximum absolute atomic E-state index is 13.8. The van der Waals surface area contributed by atoms with E-state index in [4.69, 9.17) is 11.6 Å². The lowest BCUT2D eigenvalue weighted by Crippen LogP contribution is -2.07. The second-order valence-corrected chi connectivity index (χ2v) is 5.09. The van der Waals surface area contributed by atoms with Crippen LogP contribution < -0.4 is 0 Å².